The topological polar surface area (TPSA) is 77.8 Å². The molecule has 26 heavy (non-hydrogen) atoms. The second-order valence-electron chi connectivity index (χ2n) is 5.43. The van der Waals surface area contributed by atoms with Crippen LogP contribution in [0.5, 0.6) is 5.75 Å². The van der Waals surface area contributed by atoms with Gasteiger partial charge in [0.15, 0.2) is 5.01 Å². The Bertz CT molecular complexity index is 980. The molecule has 4 aromatic rings. The summed E-state index contributed by atoms with van der Waals surface area (Å²) < 4.78 is 7.01. The van der Waals surface area contributed by atoms with E-state index < -0.39 is 0 Å². The van der Waals surface area contributed by atoms with Crippen molar-refractivity contribution in [2.75, 3.05) is 12.4 Å². The van der Waals surface area contributed by atoms with Gasteiger partial charge in [0.25, 0.3) is 0 Å². The number of nitrogens with one attached hydrogen (secondary N) is 1. The van der Waals surface area contributed by atoms with Crippen LogP contribution in [-0.4, -0.2) is 32.1 Å². The Morgan fingerprint density at radius 2 is 1.96 bits per heavy atom. The highest BCUT2D eigenvalue weighted by Crippen LogP contribution is 2.24. The minimum Gasteiger partial charge on any atom is -0.497 e. The monoisotopic (exact) mass is 364 g/mol. The molecule has 7 nitrogen and oxygen atoms in total. The largest absolute Gasteiger partial charge is 0.497 e. The van der Waals surface area contributed by atoms with Crippen molar-refractivity contribution in [3.05, 3.63) is 66.6 Å². The zero-order valence-corrected chi connectivity index (χ0v) is 14.8. The molecule has 0 amide bonds. The lowest BCUT2D eigenvalue weighted by Gasteiger charge is -2.03. The van der Waals surface area contributed by atoms with Crippen LogP contribution in [0.25, 0.3) is 16.4 Å². The summed E-state index contributed by atoms with van der Waals surface area (Å²) in [7, 11) is 1.65. The molecule has 0 fully saturated rings. The van der Waals surface area contributed by atoms with Gasteiger partial charge in [0.1, 0.15) is 11.4 Å². The Kier molecular flexibility index (Phi) is 4.57. The van der Waals surface area contributed by atoms with Gasteiger partial charge in [0.05, 0.1) is 25.0 Å². The third kappa shape index (κ3) is 3.55. The number of benzene rings is 1. The van der Waals surface area contributed by atoms with E-state index in [0.29, 0.717) is 6.54 Å². The Labute approximate surface area is 154 Å². The second kappa shape index (κ2) is 7.32. The third-order valence-corrected chi connectivity index (χ3v) is 4.61. The summed E-state index contributed by atoms with van der Waals surface area (Å²) in [5.74, 6) is 0.822. The van der Waals surface area contributed by atoms with Crippen LogP contribution >= 0.6 is 11.3 Å². The number of anilines is 1. The van der Waals surface area contributed by atoms with Gasteiger partial charge in [0.2, 0.25) is 5.13 Å². The zero-order valence-electron chi connectivity index (χ0n) is 14.0. The highest BCUT2D eigenvalue weighted by Gasteiger charge is 2.08. The van der Waals surface area contributed by atoms with Crippen LogP contribution in [0.2, 0.25) is 0 Å². The van der Waals surface area contributed by atoms with E-state index in [-0.39, 0.29) is 0 Å². The van der Waals surface area contributed by atoms with Gasteiger partial charge >= 0.3 is 0 Å². The van der Waals surface area contributed by atoms with Crippen molar-refractivity contribution in [1.82, 2.24) is 25.0 Å². The van der Waals surface area contributed by atoms with E-state index in [2.05, 4.69) is 25.6 Å². The number of ether oxygens (including phenoxy) is 1. The van der Waals surface area contributed by atoms with E-state index in [1.165, 1.54) is 11.3 Å². The fourth-order valence-corrected chi connectivity index (χ4v) is 3.10. The molecular formula is C18H16N6OS. The van der Waals surface area contributed by atoms with Crippen molar-refractivity contribution in [2.24, 2.45) is 0 Å². The molecule has 130 valence electrons. The van der Waals surface area contributed by atoms with Gasteiger partial charge in [0, 0.05) is 12.4 Å². The first kappa shape index (κ1) is 16.2. The molecule has 0 unspecified atom stereocenters. The summed E-state index contributed by atoms with van der Waals surface area (Å²) >= 11 is 1.47. The fraction of sp³-hybridized carbons (Fsp3) is 0.111. The van der Waals surface area contributed by atoms with Crippen molar-refractivity contribution in [3.63, 3.8) is 0 Å². The maximum absolute atomic E-state index is 5.18. The van der Waals surface area contributed by atoms with Crippen LogP contribution in [0, 0.1) is 0 Å². The van der Waals surface area contributed by atoms with Crippen molar-refractivity contribution < 1.29 is 4.74 Å². The first-order valence-electron chi connectivity index (χ1n) is 7.99. The molecule has 4 rings (SSSR count). The maximum Gasteiger partial charge on any atom is 0.206 e. The van der Waals surface area contributed by atoms with Crippen molar-refractivity contribution in [2.45, 2.75) is 6.54 Å². The van der Waals surface area contributed by atoms with E-state index in [1.54, 1.807) is 13.3 Å². The molecule has 1 aromatic carbocycles. The molecule has 3 heterocycles. The molecule has 0 saturated carbocycles. The number of hydrogen-bond acceptors (Lipinski definition) is 7. The van der Waals surface area contributed by atoms with E-state index in [9.17, 15) is 0 Å². The minimum absolute atomic E-state index is 0.569. The number of aromatic nitrogens is 5. The van der Waals surface area contributed by atoms with E-state index in [0.717, 1.165) is 33.0 Å². The molecule has 8 heteroatoms. The predicted molar refractivity (Wildman–Crippen MR) is 101 cm³/mol. The summed E-state index contributed by atoms with van der Waals surface area (Å²) in [6.07, 6.45) is 3.67. The van der Waals surface area contributed by atoms with Crippen LogP contribution in [0.15, 0.2) is 60.9 Å². The van der Waals surface area contributed by atoms with Crippen LogP contribution in [0.1, 0.15) is 5.69 Å². The lowest BCUT2D eigenvalue weighted by molar-refractivity contribution is 0.414. The molecule has 0 aliphatic rings. The normalized spacial score (nSPS) is 10.7. The molecule has 0 radical (unpaired) electrons. The molecule has 3 aromatic heterocycles. The van der Waals surface area contributed by atoms with Gasteiger partial charge in [-0.2, -0.15) is 5.10 Å². The van der Waals surface area contributed by atoms with Crippen molar-refractivity contribution >= 4 is 16.5 Å². The Morgan fingerprint density at radius 3 is 2.73 bits per heavy atom. The third-order valence-electron chi connectivity index (χ3n) is 3.71. The van der Waals surface area contributed by atoms with Crippen molar-refractivity contribution in [3.8, 4) is 22.1 Å². The average Bonchev–Trinajstić information content (AvgIpc) is 3.37. The first-order valence-corrected chi connectivity index (χ1v) is 8.81. The number of methoxy groups -OCH3 is 1. The van der Waals surface area contributed by atoms with E-state index in [4.69, 9.17) is 4.74 Å². The second-order valence-corrected chi connectivity index (χ2v) is 6.41. The first-order chi connectivity index (χ1) is 12.8. The lowest BCUT2D eigenvalue weighted by atomic mass is 10.3. The van der Waals surface area contributed by atoms with E-state index in [1.807, 2.05) is 59.4 Å². The van der Waals surface area contributed by atoms with Gasteiger partial charge in [-0.05, 0) is 42.5 Å². The quantitative estimate of drug-likeness (QED) is 0.565. The van der Waals surface area contributed by atoms with Gasteiger partial charge in [-0.15, -0.1) is 10.2 Å². The number of hydrogen-bond donors (Lipinski definition) is 1. The Morgan fingerprint density at radius 1 is 1.08 bits per heavy atom. The number of pyridine rings is 1. The van der Waals surface area contributed by atoms with Gasteiger partial charge < -0.3 is 10.1 Å². The van der Waals surface area contributed by atoms with Crippen LogP contribution in [0.3, 0.4) is 0 Å². The van der Waals surface area contributed by atoms with Gasteiger partial charge in [-0.3, -0.25) is 4.98 Å². The molecule has 0 spiro atoms. The molecule has 0 atom stereocenters. The van der Waals surface area contributed by atoms with Crippen molar-refractivity contribution in [1.29, 1.82) is 0 Å². The van der Waals surface area contributed by atoms with Crippen LogP contribution < -0.4 is 10.1 Å². The fourth-order valence-electron chi connectivity index (χ4n) is 2.39. The lowest BCUT2D eigenvalue weighted by Crippen LogP contribution is -2.01. The van der Waals surface area contributed by atoms with E-state index >= 15 is 0 Å². The number of rotatable bonds is 6. The maximum atomic E-state index is 5.18. The minimum atomic E-state index is 0.569. The SMILES string of the molecule is COc1ccc(-n2ccc(CNc3nnc(-c4ccccn4)s3)n2)cc1. The molecule has 0 saturated heterocycles. The summed E-state index contributed by atoms with van der Waals surface area (Å²) in [5.41, 5.74) is 2.71. The standard InChI is InChI=1S/C18H16N6OS/c1-25-15-7-5-14(6-8-15)24-11-9-13(23-24)12-20-18-22-21-17(26-18)16-4-2-3-10-19-16/h2-11H,12H2,1H3,(H,20,22). The van der Waals surface area contributed by atoms with Gasteiger partial charge in [-0.25, -0.2) is 4.68 Å². The Hall–Kier alpha value is -3.26. The zero-order chi connectivity index (χ0) is 17.8. The predicted octanol–water partition coefficient (Wildman–Crippen LogP) is 3.41. The molecule has 0 bridgehead atoms. The van der Waals surface area contributed by atoms with Gasteiger partial charge in [-0.1, -0.05) is 17.4 Å². The Balaban J connectivity index is 1.41. The smallest absolute Gasteiger partial charge is 0.206 e. The summed E-state index contributed by atoms with van der Waals surface area (Å²) in [6.45, 7) is 0.569. The summed E-state index contributed by atoms with van der Waals surface area (Å²) in [4.78, 5) is 4.29. The van der Waals surface area contributed by atoms with Crippen LogP contribution in [-0.2, 0) is 6.54 Å². The molecule has 0 aliphatic heterocycles. The van der Waals surface area contributed by atoms with Crippen LogP contribution in [0.4, 0.5) is 5.13 Å². The highest BCUT2D eigenvalue weighted by molar-refractivity contribution is 7.18. The summed E-state index contributed by atoms with van der Waals surface area (Å²) in [6, 6.07) is 15.5. The summed E-state index contributed by atoms with van der Waals surface area (Å²) in [5, 5.41) is 17.7. The molecular weight excluding hydrogens is 348 g/mol. The molecule has 0 aliphatic carbocycles. The number of nitrogens with zero attached hydrogens (tertiary/aromatic N) is 5. The highest BCUT2D eigenvalue weighted by atomic mass is 32.1. The molecule has 1 N–H and O–H groups in total. The average molecular weight is 364 g/mol.